The van der Waals surface area contributed by atoms with Crippen molar-refractivity contribution < 1.29 is 36.0 Å². The second-order valence-corrected chi connectivity index (χ2v) is 8.60. The van der Waals surface area contributed by atoms with Gasteiger partial charge in [0.25, 0.3) is 18.2 Å². The maximum Gasteiger partial charge on any atom is 0.434 e. The van der Waals surface area contributed by atoms with Crippen molar-refractivity contribution >= 4 is 55.0 Å². The third-order valence-corrected chi connectivity index (χ3v) is 6.48. The third-order valence-electron chi connectivity index (χ3n) is 4.63. The summed E-state index contributed by atoms with van der Waals surface area (Å²) in [4.78, 5) is 28.5. The standard InChI is InChI=1S/C19H11BrF5N5O3S/c1-30-14(19(23,24)25)10(20)12(29-30)17(32)28-11-9-6(8-3-2-4-33-8)5-7(15(21)22)27-18(9)34-13(11)16(26)31/h2-5,15H,1H3,(H2,26,31)(H,28,32). The van der Waals surface area contributed by atoms with Gasteiger partial charge in [0.15, 0.2) is 11.4 Å². The molecule has 0 aliphatic carbocycles. The number of hydrogen-bond donors (Lipinski definition) is 2. The largest absolute Gasteiger partial charge is 0.464 e. The summed E-state index contributed by atoms with van der Waals surface area (Å²) >= 11 is 3.38. The number of nitrogens with two attached hydrogens (primary N) is 1. The fraction of sp³-hybridized carbons (Fsp3) is 0.158. The molecule has 8 nitrogen and oxygen atoms in total. The first-order valence-electron chi connectivity index (χ1n) is 9.10. The molecule has 4 aromatic rings. The zero-order valence-electron chi connectivity index (χ0n) is 16.7. The number of thiophene rings is 1. The summed E-state index contributed by atoms with van der Waals surface area (Å²) in [5, 5.41) is 6.01. The number of halogens is 6. The van der Waals surface area contributed by atoms with Gasteiger partial charge in [-0.25, -0.2) is 13.8 Å². The van der Waals surface area contributed by atoms with Crippen LogP contribution in [0.15, 0.2) is 33.4 Å². The number of amides is 2. The van der Waals surface area contributed by atoms with E-state index in [-0.39, 0.29) is 32.1 Å². The van der Waals surface area contributed by atoms with E-state index < -0.39 is 46.0 Å². The molecule has 0 saturated heterocycles. The van der Waals surface area contributed by atoms with E-state index in [1.165, 1.54) is 18.4 Å². The van der Waals surface area contributed by atoms with E-state index in [0.717, 1.165) is 13.1 Å². The molecule has 0 atom stereocenters. The molecule has 0 saturated carbocycles. The summed E-state index contributed by atoms with van der Waals surface area (Å²) in [5.41, 5.74) is 2.82. The molecular weight excluding hydrogens is 553 g/mol. The van der Waals surface area contributed by atoms with Gasteiger partial charge in [0, 0.05) is 18.0 Å². The SMILES string of the molecule is Cn1nc(C(=O)Nc2c(C(N)=O)sc3nc(C(F)F)cc(-c4ccco4)c23)c(Br)c1C(F)(F)F. The number of rotatable bonds is 5. The zero-order chi connectivity index (χ0) is 24.9. The summed E-state index contributed by atoms with van der Waals surface area (Å²) < 4.78 is 71.9. The molecule has 0 fully saturated rings. The van der Waals surface area contributed by atoms with Gasteiger partial charge in [-0.3, -0.25) is 14.3 Å². The molecule has 4 heterocycles. The highest BCUT2D eigenvalue weighted by Gasteiger charge is 2.40. The van der Waals surface area contributed by atoms with Crippen molar-refractivity contribution in [2.45, 2.75) is 12.6 Å². The van der Waals surface area contributed by atoms with Gasteiger partial charge in [-0.05, 0) is 34.1 Å². The van der Waals surface area contributed by atoms with E-state index in [1.807, 2.05) is 0 Å². The average Bonchev–Trinajstić information content (AvgIpc) is 3.44. The number of nitrogens with zero attached hydrogens (tertiary/aromatic N) is 3. The van der Waals surface area contributed by atoms with E-state index in [0.29, 0.717) is 16.0 Å². The number of primary amides is 1. The van der Waals surface area contributed by atoms with Gasteiger partial charge in [-0.2, -0.15) is 18.3 Å². The molecule has 3 N–H and O–H groups in total. The minimum Gasteiger partial charge on any atom is -0.464 e. The summed E-state index contributed by atoms with van der Waals surface area (Å²) in [5.74, 6) is -2.00. The predicted molar refractivity (Wildman–Crippen MR) is 115 cm³/mol. The van der Waals surface area contributed by atoms with Crippen LogP contribution in [-0.4, -0.2) is 26.6 Å². The Morgan fingerprint density at radius 3 is 2.56 bits per heavy atom. The first-order chi connectivity index (χ1) is 15.9. The first kappa shape index (κ1) is 23.8. The van der Waals surface area contributed by atoms with Crippen molar-refractivity contribution in [1.29, 1.82) is 0 Å². The fourth-order valence-electron chi connectivity index (χ4n) is 3.27. The Balaban J connectivity index is 1.92. The number of carbonyl (C=O) groups excluding carboxylic acids is 2. The van der Waals surface area contributed by atoms with Gasteiger partial charge in [-0.15, -0.1) is 11.3 Å². The minimum atomic E-state index is -4.81. The van der Waals surface area contributed by atoms with E-state index in [4.69, 9.17) is 10.2 Å². The molecule has 15 heteroatoms. The summed E-state index contributed by atoms with van der Waals surface area (Å²) in [7, 11) is 1.00. The van der Waals surface area contributed by atoms with Gasteiger partial charge in [0.1, 0.15) is 21.2 Å². The molecule has 0 aromatic carbocycles. The maximum absolute atomic E-state index is 13.4. The number of nitrogens with one attached hydrogen (secondary N) is 1. The van der Waals surface area contributed by atoms with Crippen LogP contribution in [0.1, 0.15) is 38.0 Å². The Labute approximate surface area is 198 Å². The second kappa shape index (κ2) is 8.47. The van der Waals surface area contributed by atoms with Crippen LogP contribution in [0.4, 0.5) is 27.6 Å². The van der Waals surface area contributed by atoms with Crippen molar-refractivity contribution in [3.05, 3.63) is 50.9 Å². The lowest BCUT2D eigenvalue weighted by atomic mass is 10.1. The second-order valence-electron chi connectivity index (χ2n) is 6.81. The van der Waals surface area contributed by atoms with E-state index in [9.17, 15) is 31.5 Å². The van der Waals surface area contributed by atoms with Crippen LogP contribution in [0.3, 0.4) is 0 Å². The highest BCUT2D eigenvalue weighted by molar-refractivity contribution is 9.10. The number of pyridine rings is 1. The molecule has 0 unspecified atom stereocenters. The molecular formula is C19H11BrF5N5O3S. The van der Waals surface area contributed by atoms with Gasteiger partial charge >= 0.3 is 6.18 Å². The topological polar surface area (TPSA) is 116 Å². The average molecular weight is 564 g/mol. The lowest BCUT2D eigenvalue weighted by Crippen LogP contribution is -2.17. The normalized spacial score (nSPS) is 12.0. The van der Waals surface area contributed by atoms with E-state index in [1.54, 1.807) is 0 Å². The van der Waals surface area contributed by atoms with E-state index in [2.05, 4.69) is 31.3 Å². The van der Waals surface area contributed by atoms with Crippen LogP contribution < -0.4 is 11.1 Å². The minimum absolute atomic E-state index is 0.0506. The van der Waals surface area contributed by atoms with Crippen LogP contribution in [0, 0.1) is 0 Å². The maximum atomic E-state index is 13.4. The van der Waals surface area contributed by atoms with Crippen LogP contribution in [0.5, 0.6) is 0 Å². The van der Waals surface area contributed by atoms with Crippen molar-refractivity contribution in [2.75, 3.05) is 5.32 Å². The Morgan fingerprint density at radius 2 is 2.03 bits per heavy atom. The number of anilines is 1. The Hall–Kier alpha value is -3.33. The number of fused-ring (bicyclic) bond motifs is 1. The Morgan fingerprint density at radius 1 is 1.32 bits per heavy atom. The highest BCUT2D eigenvalue weighted by atomic mass is 79.9. The molecule has 2 amide bonds. The monoisotopic (exact) mass is 563 g/mol. The molecule has 34 heavy (non-hydrogen) atoms. The van der Waals surface area contributed by atoms with Crippen molar-refractivity contribution in [1.82, 2.24) is 14.8 Å². The van der Waals surface area contributed by atoms with Crippen LogP contribution in [0.2, 0.25) is 0 Å². The number of furan rings is 1. The number of hydrogen-bond acceptors (Lipinski definition) is 6. The van der Waals surface area contributed by atoms with E-state index >= 15 is 0 Å². The van der Waals surface area contributed by atoms with Crippen molar-refractivity contribution in [3.8, 4) is 11.3 Å². The van der Waals surface area contributed by atoms with Crippen molar-refractivity contribution in [2.24, 2.45) is 12.8 Å². The lowest BCUT2D eigenvalue weighted by molar-refractivity contribution is -0.144. The molecule has 0 aliphatic heterocycles. The first-order valence-corrected chi connectivity index (χ1v) is 10.7. The molecule has 0 bridgehead atoms. The number of carbonyl (C=O) groups is 2. The predicted octanol–water partition coefficient (Wildman–Crippen LogP) is 5.36. The van der Waals surface area contributed by atoms with Gasteiger partial charge < -0.3 is 15.5 Å². The summed E-state index contributed by atoms with van der Waals surface area (Å²) in [6, 6.07) is 3.98. The third kappa shape index (κ3) is 4.04. The molecule has 4 rings (SSSR count). The number of aromatic nitrogens is 3. The van der Waals surface area contributed by atoms with Gasteiger partial charge in [0.2, 0.25) is 0 Å². The molecule has 4 aromatic heterocycles. The van der Waals surface area contributed by atoms with Gasteiger partial charge in [0.05, 0.1) is 16.4 Å². The Kier molecular flexibility index (Phi) is 5.93. The van der Waals surface area contributed by atoms with Crippen LogP contribution in [-0.2, 0) is 13.2 Å². The number of alkyl halides is 5. The highest BCUT2D eigenvalue weighted by Crippen LogP contribution is 2.43. The molecule has 178 valence electrons. The summed E-state index contributed by atoms with van der Waals surface area (Å²) in [6.45, 7) is 0. The zero-order valence-corrected chi connectivity index (χ0v) is 19.1. The molecule has 0 radical (unpaired) electrons. The van der Waals surface area contributed by atoms with Crippen LogP contribution >= 0.6 is 27.3 Å². The number of aryl methyl sites for hydroxylation is 1. The molecule has 0 spiro atoms. The lowest BCUT2D eigenvalue weighted by Gasteiger charge is -2.09. The quantitative estimate of drug-likeness (QED) is 0.317. The fourth-order valence-corrected chi connectivity index (χ4v) is 5.03. The van der Waals surface area contributed by atoms with Crippen LogP contribution in [0.25, 0.3) is 21.5 Å². The summed E-state index contributed by atoms with van der Waals surface area (Å²) in [6.07, 6.45) is -6.48. The molecule has 0 aliphatic rings. The van der Waals surface area contributed by atoms with Crippen molar-refractivity contribution in [3.63, 3.8) is 0 Å². The smallest absolute Gasteiger partial charge is 0.434 e. The van der Waals surface area contributed by atoms with Gasteiger partial charge in [-0.1, -0.05) is 0 Å². The Bertz CT molecular complexity index is 1430.